The minimum atomic E-state index is -0.0828. The van der Waals surface area contributed by atoms with Crippen LogP contribution in [0.1, 0.15) is 57.6 Å². The summed E-state index contributed by atoms with van der Waals surface area (Å²) in [4.78, 5) is 0. The number of ether oxygens (including phenoxy) is 2. The van der Waals surface area contributed by atoms with Gasteiger partial charge in [0.2, 0.25) is 0 Å². The van der Waals surface area contributed by atoms with Crippen molar-refractivity contribution in [3.8, 4) is 11.5 Å². The molecule has 0 saturated heterocycles. The fourth-order valence-electron chi connectivity index (χ4n) is 4.02. The number of fused-ring (bicyclic) bond motifs is 1. The largest absolute Gasteiger partial charge is 0.497 e. The molecule has 0 bridgehead atoms. The van der Waals surface area contributed by atoms with Crippen molar-refractivity contribution in [3.05, 3.63) is 23.8 Å². The van der Waals surface area contributed by atoms with Crippen LogP contribution in [0.5, 0.6) is 11.5 Å². The van der Waals surface area contributed by atoms with Crippen molar-refractivity contribution in [2.75, 3.05) is 7.11 Å². The van der Waals surface area contributed by atoms with E-state index >= 15 is 0 Å². The zero-order valence-electron chi connectivity index (χ0n) is 12.7. The molecule has 1 aliphatic heterocycles. The van der Waals surface area contributed by atoms with Crippen molar-refractivity contribution in [3.63, 3.8) is 0 Å². The van der Waals surface area contributed by atoms with Crippen LogP contribution < -0.4 is 15.2 Å². The van der Waals surface area contributed by atoms with E-state index in [1.165, 1.54) is 12.8 Å². The van der Waals surface area contributed by atoms with Gasteiger partial charge in [0.25, 0.3) is 0 Å². The van der Waals surface area contributed by atoms with Crippen molar-refractivity contribution >= 4 is 0 Å². The van der Waals surface area contributed by atoms with Crippen LogP contribution in [0, 0.1) is 5.41 Å². The summed E-state index contributed by atoms with van der Waals surface area (Å²) >= 11 is 0. The summed E-state index contributed by atoms with van der Waals surface area (Å²) in [6.45, 7) is 4.67. The Morgan fingerprint density at radius 3 is 2.80 bits per heavy atom. The van der Waals surface area contributed by atoms with Crippen LogP contribution in [0.4, 0.5) is 0 Å². The average molecular weight is 275 g/mol. The Bertz CT molecular complexity index is 512. The maximum Gasteiger partial charge on any atom is 0.128 e. The van der Waals surface area contributed by atoms with Gasteiger partial charge in [0.05, 0.1) is 7.11 Å². The molecule has 1 aromatic rings. The van der Waals surface area contributed by atoms with Crippen molar-refractivity contribution in [1.29, 1.82) is 0 Å². The van der Waals surface area contributed by atoms with Gasteiger partial charge in [-0.1, -0.05) is 19.9 Å². The minimum absolute atomic E-state index is 0.0681. The number of hydrogen-bond donors (Lipinski definition) is 1. The lowest BCUT2D eigenvalue weighted by Gasteiger charge is -2.48. The maximum absolute atomic E-state index is 6.45. The number of rotatable bonds is 1. The van der Waals surface area contributed by atoms with Gasteiger partial charge in [-0.25, -0.2) is 0 Å². The lowest BCUT2D eigenvalue weighted by Crippen LogP contribution is -2.48. The van der Waals surface area contributed by atoms with Gasteiger partial charge >= 0.3 is 0 Å². The first kappa shape index (κ1) is 13.7. The molecule has 0 aromatic heterocycles. The molecule has 1 aliphatic carbocycles. The van der Waals surface area contributed by atoms with Gasteiger partial charge in [0.15, 0.2) is 0 Å². The summed E-state index contributed by atoms with van der Waals surface area (Å²) in [6, 6.07) is 6.06. The van der Waals surface area contributed by atoms with E-state index in [2.05, 4.69) is 13.8 Å². The predicted molar refractivity (Wildman–Crippen MR) is 80.1 cm³/mol. The van der Waals surface area contributed by atoms with E-state index in [0.717, 1.165) is 36.3 Å². The Morgan fingerprint density at radius 2 is 2.10 bits per heavy atom. The molecule has 3 rings (SSSR count). The zero-order valence-corrected chi connectivity index (χ0v) is 12.7. The highest BCUT2D eigenvalue weighted by atomic mass is 16.5. The molecule has 2 unspecified atom stereocenters. The third-order valence-corrected chi connectivity index (χ3v) is 4.83. The highest BCUT2D eigenvalue weighted by Gasteiger charge is 2.45. The first-order valence-corrected chi connectivity index (χ1v) is 7.56. The molecule has 2 aliphatic rings. The third-order valence-electron chi connectivity index (χ3n) is 4.83. The first-order valence-electron chi connectivity index (χ1n) is 7.56. The Balaban J connectivity index is 1.94. The third kappa shape index (κ3) is 2.39. The topological polar surface area (TPSA) is 44.5 Å². The van der Waals surface area contributed by atoms with Gasteiger partial charge in [-0.3, -0.25) is 0 Å². The highest BCUT2D eigenvalue weighted by molar-refractivity contribution is 5.44. The van der Waals surface area contributed by atoms with Crippen molar-refractivity contribution in [2.24, 2.45) is 11.1 Å². The zero-order chi connectivity index (χ0) is 14.4. The fraction of sp³-hybridized carbons (Fsp3) is 0.647. The van der Waals surface area contributed by atoms with Crippen LogP contribution in [0.2, 0.25) is 0 Å². The van der Waals surface area contributed by atoms with Gasteiger partial charge in [-0.15, -0.1) is 0 Å². The van der Waals surface area contributed by atoms with Gasteiger partial charge < -0.3 is 15.2 Å². The van der Waals surface area contributed by atoms with Crippen molar-refractivity contribution in [1.82, 2.24) is 0 Å². The van der Waals surface area contributed by atoms with Crippen LogP contribution in [-0.4, -0.2) is 12.7 Å². The summed E-state index contributed by atoms with van der Waals surface area (Å²) in [6.07, 6.45) is 5.62. The number of nitrogens with two attached hydrogens (primary N) is 1. The van der Waals surface area contributed by atoms with Crippen LogP contribution in [-0.2, 0) is 0 Å². The highest BCUT2D eigenvalue weighted by Crippen LogP contribution is 2.50. The SMILES string of the molecule is COc1ccc2c(c1)OC1(CCCC(C)(C)C1)CC2N. The molecule has 20 heavy (non-hydrogen) atoms. The van der Waals surface area contributed by atoms with E-state index in [0.29, 0.717) is 5.41 Å². The van der Waals surface area contributed by atoms with Crippen LogP contribution >= 0.6 is 0 Å². The standard InChI is InChI=1S/C17H25NO2/c1-16(2)7-4-8-17(11-16)10-14(18)13-6-5-12(19-3)9-15(13)20-17/h5-6,9,14H,4,7-8,10-11,18H2,1-3H3. The molecule has 3 heteroatoms. The predicted octanol–water partition coefficient (Wildman–Crippen LogP) is 3.82. The quantitative estimate of drug-likeness (QED) is 0.847. The summed E-state index contributed by atoms with van der Waals surface area (Å²) in [5.74, 6) is 1.75. The van der Waals surface area contributed by atoms with Crippen LogP contribution in [0.15, 0.2) is 18.2 Å². The maximum atomic E-state index is 6.45. The first-order chi connectivity index (χ1) is 9.43. The molecule has 3 nitrogen and oxygen atoms in total. The summed E-state index contributed by atoms with van der Waals surface area (Å²) in [5.41, 5.74) is 7.78. The molecule has 1 saturated carbocycles. The van der Waals surface area contributed by atoms with E-state index in [4.69, 9.17) is 15.2 Å². The number of benzene rings is 1. The van der Waals surface area contributed by atoms with Crippen LogP contribution in [0.3, 0.4) is 0 Å². The van der Waals surface area contributed by atoms with Crippen molar-refractivity contribution in [2.45, 2.75) is 57.6 Å². The van der Waals surface area contributed by atoms with E-state index in [9.17, 15) is 0 Å². The second-order valence-corrected chi connectivity index (χ2v) is 7.19. The second-order valence-electron chi connectivity index (χ2n) is 7.19. The van der Waals surface area contributed by atoms with Gasteiger partial charge in [0, 0.05) is 24.1 Å². The smallest absolute Gasteiger partial charge is 0.128 e. The van der Waals surface area contributed by atoms with Crippen LogP contribution in [0.25, 0.3) is 0 Å². The molecule has 1 spiro atoms. The van der Waals surface area contributed by atoms with Gasteiger partial charge in [-0.2, -0.15) is 0 Å². The Hall–Kier alpha value is -1.22. The molecule has 110 valence electrons. The molecular formula is C17H25NO2. The second kappa shape index (κ2) is 4.66. The number of hydrogen-bond acceptors (Lipinski definition) is 3. The molecule has 1 fully saturated rings. The summed E-state index contributed by atoms with van der Waals surface area (Å²) < 4.78 is 11.8. The average Bonchev–Trinajstić information content (AvgIpc) is 2.36. The van der Waals surface area contributed by atoms with E-state index < -0.39 is 0 Å². The molecule has 2 atom stereocenters. The minimum Gasteiger partial charge on any atom is -0.497 e. The lowest BCUT2D eigenvalue weighted by atomic mass is 9.66. The van der Waals surface area contributed by atoms with E-state index in [1.54, 1.807) is 7.11 Å². The molecule has 0 radical (unpaired) electrons. The fourth-order valence-corrected chi connectivity index (χ4v) is 4.02. The number of methoxy groups -OCH3 is 1. The Labute approximate surface area is 121 Å². The summed E-state index contributed by atoms with van der Waals surface area (Å²) in [5, 5.41) is 0. The van der Waals surface area contributed by atoms with Gasteiger partial charge in [0.1, 0.15) is 17.1 Å². The Kier molecular flexibility index (Phi) is 3.20. The van der Waals surface area contributed by atoms with E-state index in [1.807, 2.05) is 18.2 Å². The lowest BCUT2D eigenvalue weighted by molar-refractivity contribution is -0.0386. The normalized spacial score (nSPS) is 31.5. The molecule has 0 amide bonds. The van der Waals surface area contributed by atoms with Crippen molar-refractivity contribution < 1.29 is 9.47 Å². The van der Waals surface area contributed by atoms with E-state index in [-0.39, 0.29) is 11.6 Å². The molecule has 1 heterocycles. The molecular weight excluding hydrogens is 250 g/mol. The summed E-state index contributed by atoms with van der Waals surface area (Å²) in [7, 11) is 1.68. The molecule has 2 N–H and O–H groups in total. The molecule has 1 aromatic carbocycles. The van der Waals surface area contributed by atoms with Gasteiger partial charge in [-0.05, 0) is 37.2 Å². The monoisotopic (exact) mass is 275 g/mol. The Morgan fingerprint density at radius 1 is 1.30 bits per heavy atom.